The van der Waals surface area contributed by atoms with Crippen LogP contribution in [-0.2, 0) is 21.6 Å². The number of fused-ring (bicyclic) bond motifs is 3. The number of carbonyl (C=O) groups is 2. The number of aromatic nitrogens is 2. The van der Waals surface area contributed by atoms with E-state index in [1.165, 1.54) is 0 Å². The van der Waals surface area contributed by atoms with Crippen molar-refractivity contribution in [3.8, 4) is 11.1 Å². The van der Waals surface area contributed by atoms with Crippen LogP contribution in [0.1, 0.15) is 57.1 Å². The molecule has 7 rings (SSSR count). The number of hydrogen-bond donors (Lipinski definition) is 0. The molecule has 1 atom stereocenters. The molecule has 1 aliphatic heterocycles. The molecule has 3 aromatic carbocycles. The topological polar surface area (TPSA) is 61.9 Å². The minimum absolute atomic E-state index is 0.235. The van der Waals surface area contributed by atoms with E-state index in [0.717, 1.165) is 39.8 Å². The van der Waals surface area contributed by atoms with Gasteiger partial charge in [-0.1, -0.05) is 72.8 Å². The van der Waals surface area contributed by atoms with Crippen LogP contribution in [-0.4, -0.2) is 27.5 Å². The van der Waals surface area contributed by atoms with Gasteiger partial charge in [-0.3, -0.25) is 0 Å². The van der Waals surface area contributed by atoms with E-state index in [4.69, 9.17) is 9.47 Å². The summed E-state index contributed by atoms with van der Waals surface area (Å²) in [4.78, 5) is 27.7. The van der Waals surface area contributed by atoms with Gasteiger partial charge in [-0.05, 0) is 50.6 Å². The fourth-order valence-electron chi connectivity index (χ4n) is 6.83. The highest BCUT2D eigenvalue weighted by Crippen LogP contribution is 2.54. The highest BCUT2D eigenvalue weighted by molar-refractivity contribution is 6.07. The number of rotatable bonds is 6. The van der Waals surface area contributed by atoms with Crippen molar-refractivity contribution < 1.29 is 19.1 Å². The Kier molecular flexibility index (Phi) is 6.01. The fourth-order valence-corrected chi connectivity index (χ4v) is 6.83. The molecule has 1 aliphatic rings. The van der Waals surface area contributed by atoms with Crippen molar-refractivity contribution >= 4 is 28.4 Å². The molecule has 0 saturated heterocycles. The van der Waals surface area contributed by atoms with Crippen LogP contribution >= 0.6 is 0 Å². The maximum absolute atomic E-state index is 13.8. The van der Waals surface area contributed by atoms with Crippen LogP contribution in [0, 0.1) is 6.92 Å². The third kappa shape index (κ3) is 3.44. The summed E-state index contributed by atoms with van der Waals surface area (Å²) in [5.41, 5.74) is 6.14. The van der Waals surface area contributed by atoms with E-state index in [2.05, 4.69) is 30.5 Å². The van der Waals surface area contributed by atoms with Crippen molar-refractivity contribution in [1.82, 2.24) is 8.97 Å². The minimum Gasteiger partial charge on any atom is -0.462 e. The highest BCUT2D eigenvalue weighted by atomic mass is 16.6. The predicted octanol–water partition coefficient (Wildman–Crippen LogP) is 7.53. The van der Waals surface area contributed by atoms with Gasteiger partial charge >= 0.3 is 11.9 Å². The van der Waals surface area contributed by atoms with Gasteiger partial charge in [-0.25, -0.2) is 9.59 Å². The van der Waals surface area contributed by atoms with Crippen molar-refractivity contribution in [1.29, 1.82) is 0 Å². The Balaban J connectivity index is 1.75. The Bertz CT molecular complexity index is 2020. The maximum atomic E-state index is 13.8. The van der Waals surface area contributed by atoms with E-state index in [9.17, 15) is 9.59 Å². The Morgan fingerprint density at radius 1 is 0.857 bits per heavy atom. The van der Waals surface area contributed by atoms with Gasteiger partial charge in [0.25, 0.3) is 0 Å². The van der Waals surface area contributed by atoms with Crippen molar-refractivity contribution in [3.05, 3.63) is 137 Å². The molecule has 0 spiro atoms. The molecule has 0 saturated carbocycles. The molecule has 3 aromatic heterocycles. The molecule has 0 fully saturated rings. The number of ether oxygens (including phenoxy) is 2. The lowest BCUT2D eigenvalue weighted by atomic mass is 9.78. The summed E-state index contributed by atoms with van der Waals surface area (Å²) < 4.78 is 16.6. The lowest BCUT2D eigenvalue weighted by Gasteiger charge is -2.32. The second-order valence-electron chi connectivity index (χ2n) is 10.5. The zero-order chi connectivity index (χ0) is 29.0. The van der Waals surface area contributed by atoms with Crippen LogP contribution in [0.2, 0.25) is 0 Å². The lowest BCUT2D eigenvalue weighted by molar-refractivity contribution is 0.0240. The first kappa shape index (κ1) is 25.8. The Morgan fingerprint density at radius 2 is 1.55 bits per heavy atom. The number of nitrogens with zero attached hydrogens (tertiary/aromatic N) is 2. The second-order valence-corrected chi connectivity index (χ2v) is 10.5. The standard InChI is InChI=1S/C36H30N2O4/c1-4-37-23(3)32(26-18-10-12-20-28(26)37)36(27-19-11-9-17-25(27)34(39)42-36)33-30(24-15-7-6-8-16-24)31(35(40)41-5-2)29-21-13-14-22-38(29)33/h6-22H,4-5H2,1-3H3. The third-order valence-corrected chi connectivity index (χ3v) is 8.39. The maximum Gasteiger partial charge on any atom is 0.340 e. The first-order chi connectivity index (χ1) is 20.5. The summed E-state index contributed by atoms with van der Waals surface area (Å²) in [5, 5.41) is 0.990. The van der Waals surface area contributed by atoms with Gasteiger partial charge < -0.3 is 18.4 Å². The third-order valence-electron chi connectivity index (χ3n) is 8.39. The van der Waals surface area contributed by atoms with E-state index in [-0.39, 0.29) is 6.61 Å². The average Bonchev–Trinajstić information content (AvgIpc) is 3.63. The summed E-state index contributed by atoms with van der Waals surface area (Å²) in [5.74, 6) is -0.826. The van der Waals surface area contributed by atoms with Gasteiger partial charge in [0.1, 0.15) is 0 Å². The van der Waals surface area contributed by atoms with E-state index in [1.807, 2.05) is 95.5 Å². The number of benzene rings is 3. The summed E-state index contributed by atoms with van der Waals surface area (Å²) in [6, 6.07) is 31.4. The van der Waals surface area contributed by atoms with Crippen molar-refractivity contribution in [2.24, 2.45) is 0 Å². The number of para-hydroxylation sites is 1. The van der Waals surface area contributed by atoms with Crippen LogP contribution in [0.25, 0.3) is 27.5 Å². The molecule has 6 aromatic rings. The molecule has 1 unspecified atom stereocenters. The van der Waals surface area contributed by atoms with E-state index < -0.39 is 17.5 Å². The van der Waals surface area contributed by atoms with Crippen LogP contribution in [0.3, 0.4) is 0 Å². The average molecular weight is 555 g/mol. The zero-order valence-corrected chi connectivity index (χ0v) is 23.8. The van der Waals surface area contributed by atoms with Gasteiger partial charge in [0.2, 0.25) is 5.60 Å². The molecule has 0 aliphatic carbocycles. The van der Waals surface area contributed by atoms with Gasteiger partial charge in [0.15, 0.2) is 0 Å². The summed E-state index contributed by atoms with van der Waals surface area (Å²) in [7, 11) is 0. The minimum atomic E-state index is -1.36. The van der Waals surface area contributed by atoms with Crippen molar-refractivity contribution in [2.75, 3.05) is 6.61 Å². The Hall–Kier alpha value is -5.10. The van der Waals surface area contributed by atoms with Crippen LogP contribution in [0.4, 0.5) is 0 Å². The summed E-state index contributed by atoms with van der Waals surface area (Å²) in [6.07, 6.45) is 1.94. The molecule has 6 nitrogen and oxygen atoms in total. The number of pyridine rings is 1. The molecule has 0 radical (unpaired) electrons. The Labute approximate surface area is 243 Å². The summed E-state index contributed by atoms with van der Waals surface area (Å²) in [6.45, 7) is 6.98. The lowest BCUT2D eigenvalue weighted by Crippen LogP contribution is -2.32. The number of aryl methyl sites for hydroxylation is 1. The summed E-state index contributed by atoms with van der Waals surface area (Å²) >= 11 is 0. The van der Waals surface area contributed by atoms with Gasteiger partial charge in [0, 0.05) is 46.0 Å². The smallest absolute Gasteiger partial charge is 0.340 e. The number of esters is 2. The SMILES string of the molecule is CCOC(=O)c1c(-c2ccccc2)c(C2(c3c(C)n(CC)c4ccccc34)OC(=O)c3ccccc32)n2ccccc12. The van der Waals surface area contributed by atoms with Gasteiger partial charge in [0.05, 0.1) is 28.9 Å². The van der Waals surface area contributed by atoms with Gasteiger partial charge in [-0.2, -0.15) is 0 Å². The molecule has 0 N–H and O–H groups in total. The molecular weight excluding hydrogens is 524 g/mol. The van der Waals surface area contributed by atoms with Crippen LogP contribution < -0.4 is 0 Å². The van der Waals surface area contributed by atoms with E-state index >= 15 is 0 Å². The monoisotopic (exact) mass is 554 g/mol. The van der Waals surface area contributed by atoms with E-state index in [0.29, 0.717) is 27.9 Å². The largest absolute Gasteiger partial charge is 0.462 e. The van der Waals surface area contributed by atoms with E-state index in [1.54, 1.807) is 6.92 Å². The Morgan fingerprint density at radius 3 is 2.33 bits per heavy atom. The zero-order valence-electron chi connectivity index (χ0n) is 23.8. The molecule has 0 bridgehead atoms. The van der Waals surface area contributed by atoms with Crippen LogP contribution in [0.5, 0.6) is 0 Å². The predicted molar refractivity (Wildman–Crippen MR) is 163 cm³/mol. The first-order valence-electron chi connectivity index (χ1n) is 14.3. The van der Waals surface area contributed by atoms with Crippen molar-refractivity contribution in [3.63, 3.8) is 0 Å². The molecular formula is C36H30N2O4. The van der Waals surface area contributed by atoms with Crippen molar-refractivity contribution in [2.45, 2.75) is 32.9 Å². The number of carbonyl (C=O) groups excluding carboxylic acids is 2. The molecule has 42 heavy (non-hydrogen) atoms. The van der Waals surface area contributed by atoms with Crippen LogP contribution in [0.15, 0.2) is 103 Å². The molecule has 0 amide bonds. The second kappa shape index (κ2) is 9.77. The normalized spacial score (nSPS) is 16.1. The first-order valence-corrected chi connectivity index (χ1v) is 14.3. The highest BCUT2D eigenvalue weighted by Gasteiger charge is 2.54. The molecule has 6 heteroatoms. The quantitative estimate of drug-likeness (QED) is 0.200. The number of hydrogen-bond acceptors (Lipinski definition) is 4. The molecule has 208 valence electrons. The number of cyclic esters (lactones) is 1. The fraction of sp³-hybridized carbons (Fsp3) is 0.167. The van der Waals surface area contributed by atoms with Gasteiger partial charge in [-0.15, -0.1) is 0 Å². The molecule has 4 heterocycles.